The van der Waals surface area contributed by atoms with Gasteiger partial charge < -0.3 is 16.6 Å². The molecule has 1 aliphatic heterocycles. The van der Waals surface area contributed by atoms with Gasteiger partial charge in [-0.25, -0.2) is 0 Å². The van der Waals surface area contributed by atoms with E-state index in [1.54, 1.807) is 0 Å². The van der Waals surface area contributed by atoms with Crippen molar-refractivity contribution in [3.8, 4) is 0 Å². The predicted octanol–water partition coefficient (Wildman–Crippen LogP) is 0.675. The molecular formula is C13H19N3O2. The number of anilines is 1. The smallest absolute Gasteiger partial charge is 0.307 e. The second kappa shape index (κ2) is 5.37. The molecule has 1 fully saturated rings. The average Bonchev–Trinajstić information content (AvgIpc) is 2.82. The van der Waals surface area contributed by atoms with Crippen LogP contribution in [0.3, 0.4) is 0 Å². The lowest BCUT2D eigenvalue weighted by Gasteiger charge is -2.27. The van der Waals surface area contributed by atoms with Crippen molar-refractivity contribution in [2.24, 2.45) is 11.7 Å². The number of carboxylic acids is 1. The van der Waals surface area contributed by atoms with Gasteiger partial charge in [0.25, 0.3) is 0 Å². The number of likely N-dealkylation sites (tertiary alicyclic amines) is 1. The molecule has 0 unspecified atom stereocenters. The Labute approximate surface area is 106 Å². The Morgan fingerprint density at radius 1 is 1.50 bits per heavy atom. The van der Waals surface area contributed by atoms with Gasteiger partial charge in [0.1, 0.15) is 0 Å². The van der Waals surface area contributed by atoms with E-state index in [0.717, 1.165) is 12.1 Å². The van der Waals surface area contributed by atoms with Crippen LogP contribution in [0, 0.1) is 5.92 Å². The second-order valence-corrected chi connectivity index (χ2v) is 4.70. The van der Waals surface area contributed by atoms with Crippen LogP contribution in [0.25, 0.3) is 0 Å². The van der Waals surface area contributed by atoms with Crippen LogP contribution in [0.1, 0.15) is 18.0 Å². The minimum absolute atomic E-state index is 0.00977. The van der Waals surface area contributed by atoms with Crippen LogP contribution in [-0.4, -0.2) is 35.6 Å². The highest BCUT2D eigenvalue weighted by atomic mass is 16.4. The molecule has 5 N–H and O–H groups in total. The fraction of sp³-hybridized carbons (Fsp3) is 0.462. The molecule has 1 saturated heterocycles. The third kappa shape index (κ3) is 2.47. The van der Waals surface area contributed by atoms with Gasteiger partial charge in [0.05, 0.1) is 5.92 Å². The summed E-state index contributed by atoms with van der Waals surface area (Å²) in [6, 6.07) is 7.63. The summed E-state index contributed by atoms with van der Waals surface area (Å²) in [4.78, 5) is 13.1. The van der Waals surface area contributed by atoms with E-state index in [9.17, 15) is 4.79 Å². The number of carboxylic acid groups (broad SMARTS) is 1. The van der Waals surface area contributed by atoms with E-state index in [-0.39, 0.29) is 12.0 Å². The molecule has 0 aliphatic carbocycles. The second-order valence-electron chi connectivity index (χ2n) is 4.70. The predicted molar refractivity (Wildman–Crippen MR) is 70.0 cm³/mol. The quantitative estimate of drug-likeness (QED) is 0.682. The monoisotopic (exact) mass is 249 g/mol. The molecule has 2 rings (SSSR count). The number of hydrogen-bond donors (Lipinski definition) is 3. The molecule has 0 saturated carbocycles. The molecule has 1 aromatic carbocycles. The number of benzene rings is 1. The first-order chi connectivity index (χ1) is 8.63. The van der Waals surface area contributed by atoms with Crippen LogP contribution in [0.2, 0.25) is 0 Å². The van der Waals surface area contributed by atoms with Gasteiger partial charge in [-0.15, -0.1) is 0 Å². The summed E-state index contributed by atoms with van der Waals surface area (Å²) in [7, 11) is 0. The van der Waals surface area contributed by atoms with E-state index >= 15 is 0 Å². The Bertz CT molecular complexity index is 436. The molecule has 0 bridgehead atoms. The average molecular weight is 249 g/mol. The van der Waals surface area contributed by atoms with E-state index < -0.39 is 5.97 Å². The van der Waals surface area contributed by atoms with Crippen LogP contribution in [-0.2, 0) is 4.79 Å². The summed E-state index contributed by atoms with van der Waals surface area (Å²) >= 11 is 0. The van der Waals surface area contributed by atoms with Crippen LogP contribution >= 0.6 is 0 Å². The van der Waals surface area contributed by atoms with E-state index in [1.165, 1.54) is 0 Å². The summed E-state index contributed by atoms with van der Waals surface area (Å²) in [6.45, 7) is 1.75. The molecule has 0 aromatic heterocycles. The highest BCUT2D eigenvalue weighted by Crippen LogP contribution is 2.30. The first-order valence-corrected chi connectivity index (χ1v) is 6.14. The molecule has 0 radical (unpaired) electrons. The summed E-state index contributed by atoms with van der Waals surface area (Å²) in [6.07, 6.45) is 0.679. The first kappa shape index (κ1) is 12.9. The lowest BCUT2D eigenvalue weighted by molar-refractivity contribution is -0.141. The summed E-state index contributed by atoms with van der Waals surface area (Å²) in [5.41, 5.74) is 13.5. The number of nitrogens with zero attached hydrogens (tertiary/aromatic N) is 1. The molecule has 5 nitrogen and oxygen atoms in total. The third-order valence-electron chi connectivity index (χ3n) is 3.59. The molecule has 18 heavy (non-hydrogen) atoms. The van der Waals surface area contributed by atoms with E-state index in [2.05, 4.69) is 4.90 Å². The first-order valence-electron chi connectivity index (χ1n) is 6.14. The minimum atomic E-state index is -0.727. The molecular weight excluding hydrogens is 230 g/mol. The molecule has 0 spiro atoms. The van der Waals surface area contributed by atoms with Gasteiger partial charge in [0.2, 0.25) is 0 Å². The molecule has 1 heterocycles. The molecule has 5 heteroatoms. The number of nitrogen functional groups attached to an aromatic ring is 1. The molecule has 0 amide bonds. The van der Waals surface area contributed by atoms with Crippen LogP contribution in [0.4, 0.5) is 5.69 Å². The van der Waals surface area contributed by atoms with Crippen molar-refractivity contribution in [2.45, 2.75) is 12.5 Å². The highest BCUT2D eigenvalue weighted by Gasteiger charge is 2.32. The lowest BCUT2D eigenvalue weighted by atomic mass is 10.0. The van der Waals surface area contributed by atoms with Gasteiger partial charge in [0.15, 0.2) is 0 Å². The largest absolute Gasteiger partial charge is 0.481 e. The summed E-state index contributed by atoms with van der Waals surface area (Å²) in [5.74, 6) is -1.02. The van der Waals surface area contributed by atoms with E-state index in [0.29, 0.717) is 25.2 Å². The molecule has 98 valence electrons. The zero-order chi connectivity index (χ0) is 13.1. The maximum atomic E-state index is 11.0. The Hall–Kier alpha value is -1.59. The van der Waals surface area contributed by atoms with Gasteiger partial charge in [-0.2, -0.15) is 0 Å². The van der Waals surface area contributed by atoms with Crippen molar-refractivity contribution in [1.29, 1.82) is 0 Å². The third-order valence-corrected chi connectivity index (χ3v) is 3.59. The van der Waals surface area contributed by atoms with Crippen LogP contribution < -0.4 is 11.5 Å². The number of aliphatic carboxylic acids is 1. The van der Waals surface area contributed by atoms with Crippen molar-refractivity contribution in [3.05, 3.63) is 29.8 Å². The highest BCUT2D eigenvalue weighted by molar-refractivity contribution is 5.70. The Morgan fingerprint density at radius 3 is 2.78 bits per heavy atom. The maximum absolute atomic E-state index is 11.0. The van der Waals surface area contributed by atoms with Crippen molar-refractivity contribution >= 4 is 11.7 Å². The fourth-order valence-electron chi connectivity index (χ4n) is 2.56. The summed E-state index contributed by atoms with van der Waals surface area (Å²) in [5, 5.41) is 9.03. The zero-order valence-electron chi connectivity index (χ0n) is 10.2. The number of carbonyl (C=O) groups is 1. The minimum Gasteiger partial charge on any atom is -0.481 e. The van der Waals surface area contributed by atoms with Crippen molar-refractivity contribution in [2.75, 3.05) is 25.4 Å². The number of hydrogen-bond acceptors (Lipinski definition) is 4. The Kier molecular flexibility index (Phi) is 3.84. The number of nitrogens with two attached hydrogens (primary N) is 2. The number of para-hydroxylation sites is 1. The van der Waals surface area contributed by atoms with Crippen molar-refractivity contribution < 1.29 is 9.90 Å². The van der Waals surface area contributed by atoms with E-state index in [4.69, 9.17) is 16.6 Å². The van der Waals surface area contributed by atoms with Gasteiger partial charge in [0, 0.05) is 24.8 Å². The van der Waals surface area contributed by atoms with Gasteiger partial charge in [-0.05, 0) is 24.6 Å². The van der Waals surface area contributed by atoms with Crippen molar-refractivity contribution in [3.63, 3.8) is 0 Å². The van der Waals surface area contributed by atoms with Crippen molar-refractivity contribution in [1.82, 2.24) is 4.90 Å². The SMILES string of the molecule is NC[C@H](c1ccccc1N)N1CC[C@@H](C(=O)O)C1. The molecule has 1 aliphatic rings. The summed E-state index contributed by atoms with van der Waals surface area (Å²) < 4.78 is 0. The zero-order valence-corrected chi connectivity index (χ0v) is 10.2. The van der Waals surface area contributed by atoms with Gasteiger partial charge in [-0.1, -0.05) is 18.2 Å². The maximum Gasteiger partial charge on any atom is 0.307 e. The van der Waals surface area contributed by atoms with Gasteiger partial charge in [-0.3, -0.25) is 9.69 Å². The molecule has 2 atom stereocenters. The normalized spacial score (nSPS) is 21.9. The topological polar surface area (TPSA) is 92.6 Å². The van der Waals surface area contributed by atoms with Crippen LogP contribution in [0.15, 0.2) is 24.3 Å². The lowest BCUT2D eigenvalue weighted by Crippen LogP contribution is -2.33. The Balaban J connectivity index is 2.16. The molecule has 1 aromatic rings. The standard InChI is InChI=1S/C13H19N3O2/c14-7-12(10-3-1-2-4-11(10)15)16-6-5-9(8-16)13(17)18/h1-4,9,12H,5-8,14-15H2,(H,17,18)/t9-,12-/m1/s1. The van der Waals surface area contributed by atoms with E-state index in [1.807, 2.05) is 24.3 Å². The number of rotatable bonds is 4. The van der Waals surface area contributed by atoms with Gasteiger partial charge >= 0.3 is 5.97 Å². The van der Waals surface area contributed by atoms with Crippen LogP contribution in [0.5, 0.6) is 0 Å². The fourth-order valence-corrected chi connectivity index (χ4v) is 2.56. The Morgan fingerprint density at radius 2 is 2.22 bits per heavy atom.